The molecule has 122 valence electrons. The fourth-order valence-corrected chi connectivity index (χ4v) is 2.22. The lowest BCUT2D eigenvalue weighted by Gasteiger charge is -2.12. The number of halogens is 2. The van der Waals surface area contributed by atoms with E-state index in [2.05, 4.69) is 20.8 Å². The van der Waals surface area contributed by atoms with E-state index >= 15 is 0 Å². The van der Waals surface area contributed by atoms with Gasteiger partial charge < -0.3 is 10.6 Å². The smallest absolute Gasteiger partial charge is 0.234 e. The maximum absolute atomic E-state index is 11.9. The molecule has 6 nitrogen and oxygen atoms in total. The number of carbonyl (C=O) groups excluding carboxylic acids is 1. The average molecular weight is 346 g/mol. The first kappa shape index (κ1) is 18.7. The van der Waals surface area contributed by atoms with Crippen LogP contribution in [0.5, 0.6) is 0 Å². The van der Waals surface area contributed by atoms with Crippen molar-refractivity contribution in [3.05, 3.63) is 30.2 Å². The van der Waals surface area contributed by atoms with Gasteiger partial charge in [0, 0.05) is 6.20 Å². The summed E-state index contributed by atoms with van der Waals surface area (Å²) in [5, 5.41) is 14.4. The minimum atomic E-state index is -0.164. The van der Waals surface area contributed by atoms with E-state index in [1.807, 2.05) is 35.7 Å². The van der Waals surface area contributed by atoms with E-state index in [4.69, 9.17) is 0 Å². The Morgan fingerprint density at radius 1 is 1.36 bits per heavy atom. The predicted octanol–water partition coefficient (Wildman–Crippen LogP) is 1.75. The molecule has 22 heavy (non-hydrogen) atoms. The Morgan fingerprint density at radius 3 is 2.86 bits per heavy atom. The molecule has 2 heterocycles. The Labute approximate surface area is 141 Å². The molecule has 1 atom stereocenters. The first-order valence-corrected chi connectivity index (χ1v) is 7.04. The van der Waals surface area contributed by atoms with Crippen molar-refractivity contribution in [2.24, 2.45) is 5.92 Å². The van der Waals surface area contributed by atoms with E-state index in [1.165, 1.54) is 12.8 Å². The van der Waals surface area contributed by atoms with Gasteiger partial charge in [0.1, 0.15) is 0 Å². The molecule has 0 aliphatic heterocycles. The van der Waals surface area contributed by atoms with Crippen LogP contribution in [-0.4, -0.2) is 33.6 Å². The van der Waals surface area contributed by atoms with E-state index in [1.54, 1.807) is 0 Å². The molecular weight excluding hydrogens is 325 g/mol. The maximum atomic E-state index is 11.9. The van der Waals surface area contributed by atoms with Gasteiger partial charge in [-0.05, 0) is 44.4 Å². The highest BCUT2D eigenvalue weighted by Crippen LogP contribution is 2.27. The van der Waals surface area contributed by atoms with Crippen molar-refractivity contribution in [2.75, 3.05) is 13.1 Å². The highest BCUT2D eigenvalue weighted by molar-refractivity contribution is 5.85. The minimum absolute atomic E-state index is 0. The van der Waals surface area contributed by atoms with Gasteiger partial charge in [-0.2, -0.15) is 0 Å². The number of rotatable bonds is 6. The number of fused-ring (bicyclic) bond motifs is 1. The summed E-state index contributed by atoms with van der Waals surface area (Å²) in [5.41, 5.74) is 0.787. The Hall–Kier alpha value is -1.37. The van der Waals surface area contributed by atoms with Gasteiger partial charge in [0.25, 0.3) is 0 Å². The van der Waals surface area contributed by atoms with Gasteiger partial charge in [-0.15, -0.1) is 35.0 Å². The van der Waals surface area contributed by atoms with Crippen LogP contribution < -0.4 is 10.6 Å². The second kappa shape index (κ2) is 8.31. The molecule has 1 saturated carbocycles. The fraction of sp³-hybridized carbons (Fsp3) is 0.500. The molecule has 8 heteroatoms. The summed E-state index contributed by atoms with van der Waals surface area (Å²) in [6.07, 6.45) is 4.48. The van der Waals surface area contributed by atoms with E-state index in [-0.39, 0.29) is 36.8 Å². The third-order valence-corrected chi connectivity index (χ3v) is 3.52. The zero-order valence-corrected chi connectivity index (χ0v) is 14.0. The van der Waals surface area contributed by atoms with Gasteiger partial charge in [-0.3, -0.25) is 9.20 Å². The number of pyridine rings is 1. The van der Waals surface area contributed by atoms with Crippen LogP contribution in [0, 0.1) is 5.92 Å². The zero-order valence-electron chi connectivity index (χ0n) is 12.4. The van der Waals surface area contributed by atoms with Crippen LogP contribution in [0.1, 0.15) is 31.6 Å². The van der Waals surface area contributed by atoms with Crippen LogP contribution in [0.4, 0.5) is 0 Å². The van der Waals surface area contributed by atoms with Crippen LogP contribution in [-0.2, 0) is 4.79 Å². The van der Waals surface area contributed by atoms with E-state index in [9.17, 15) is 4.79 Å². The molecule has 0 radical (unpaired) electrons. The molecule has 3 rings (SSSR count). The van der Waals surface area contributed by atoms with Crippen LogP contribution in [0.25, 0.3) is 5.65 Å². The Morgan fingerprint density at radius 2 is 2.14 bits per heavy atom. The zero-order chi connectivity index (χ0) is 13.9. The molecule has 0 bridgehead atoms. The van der Waals surface area contributed by atoms with E-state index < -0.39 is 0 Å². The van der Waals surface area contributed by atoms with Crippen molar-refractivity contribution < 1.29 is 4.79 Å². The van der Waals surface area contributed by atoms with E-state index in [0.717, 1.165) is 23.9 Å². The molecule has 1 unspecified atom stereocenters. The molecular formula is C14H21Cl2N5O. The van der Waals surface area contributed by atoms with Gasteiger partial charge >= 0.3 is 0 Å². The lowest BCUT2D eigenvalue weighted by Crippen LogP contribution is -2.36. The van der Waals surface area contributed by atoms with Gasteiger partial charge in [0.15, 0.2) is 11.5 Å². The highest BCUT2D eigenvalue weighted by Gasteiger charge is 2.21. The van der Waals surface area contributed by atoms with Crippen molar-refractivity contribution in [3.8, 4) is 0 Å². The summed E-state index contributed by atoms with van der Waals surface area (Å²) < 4.78 is 1.89. The number of aromatic nitrogens is 3. The molecule has 1 amide bonds. The Kier molecular flexibility index (Phi) is 7.06. The standard InChI is InChI=1S/C14H19N5O.2ClH/c1-10(16-13(20)9-15-8-11-5-6-11)14-18-17-12-4-2-3-7-19(12)14;;/h2-4,7,10-11,15H,5-6,8-9H2,1H3,(H,16,20);2*1H. The molecule has 1 aliphatic rings. The van der Waals surface area contributed by atoms with Crippen LogP contribution in [0.3, 0.4) is 0 Å². The van der Waals surface area contributed by atoms with Crippen molar-refractivity contribution >= 4 is 36.4 Å². The molecule has 0 spiro atoms. The number of hydrogen-bond acceptors (Lipinski definition) is 4. The monoisotopic (exact) mass is 345 g/mol. The number of nitrogens with zero attached hydrogens (tertiary/aromatic N) is 3. The quantitative estimate of drug-likeness (QED) is 0.836. The SMILES string of the molecule is CC(NC(=O)CNCC1CC1)c1nnc2ccccn12.Cl.Cl. The van der Waals surface area contributed by atoms with Gasteiger partial charge in [0.05, 0.1) is 12.6 Å². The summed E-state index contributed by atoms with van der Waals surface area (Å²) >= 11 is 0. The van der Waals surface area contributed by atoms with E-state index in [0.29, 0.717) is 6.54 Å². The number of nitrogens with one attached hydrogen (secondary N) is 2. The first-order valence-electron chi connectivity index (χ1n) is 7.04. The van der Waals surface area contributed by atoms with Gasteiger partial charge in [-0.25, -0.2) is 0 Å². The molecule has 2 N–H and O–H groups in total. The predicted molar refractivity (Wildman–Crippen MR) is 89.6 cm³/mol. The van der Waals surface area contributed by atoms with Crippen molar-refractivity contribution in [1.29, 1.82) is 0 Å². The molecule has 1 fully saturated rings. The summed E-state index contributed by atoms with van der Waals surface area (Å²) in [4.78, 5) is 11.9. The van der Waals surface area contributed by atoms with Crippen molar-refractivity contribution in [2.45, 2.75) is 25.8 Å². The highest BCUT2D eigenvalue weighted by atomic mass is 35.5. The van der Waals surface area contributed by atoms with Gasteiger partial charge in [0.2, 0.25) is 5.91 Å². The Bertz CT molecular complexity index is 614. The number of hydrogen-bond donors (Lipinski definition) is 2. The summed E-state index contributed by atoms with van der Waals surface area (Å²) in [6.45, 7) is 3.22. The molecule has 0 aromatic carbocycles. The topological polar surface area (TPSA) is 71.3 Å². The Balaban J connectivity index is 0.00000121. The third-order valence-electron chi connectivity index (χ3n) is 3.52. The van der Waals surface area contributed by atoms with Crippen molar-refractivity contribution in [3.63, 3.8) is 0 Å². The molecule has 0 saturated heterocycles. The second-order valence-corrected chi connectivity index (χ2v) is 5.35. The van der Waals surface area contributed by atoms with Crippen LogP contribution in [0.15, 0.2) is 24.4 Å². The fourth-order valence-electron chi connectivity index (χ4n) is 2.22. The number of carbonyl (C=O) groups is 1. The average Bonchev–Trinajstić information content (AvgIpc) is 3.16. The minimum Gasteiger partial charge on any atom is -0.345 e. The van der Waals surface area contributed by atoms with Crippen LogP contribution >= 0.6 is 24.8 Å². The number of amides is 1. The second-order valence-electron chi connectivity index (χ2n) is 5.35. The summed E-state index contributed by atoms with van der Waals surface area (Å²) in [5.74, 6) is 1.52. The summed E-state index contributed by atoms with van der Waals surface area (Å²) in [7, 11) is 0. The normalized spacial score (nSPS) is 14.8. The first-order chi connectivity index (χ1) is 9.74. The third kappa shape index (κ3) is 4.56. The van der Waals surface area contributed by atoms with Crippen molar-refractivity contribution in [1.82, 2.24) is 25.2 Å². The maximum Gasteiger partial charge on any atom is 0.234 e. The molecule has 1 aliphatic carbocycles. The molecule has 2 aromatic heterocycles. The molecule has 2 aromatic rings. The lowest BCUT2D eigenvalue weighted by atomic mass is 10.3. The summed E-state index contributed by atoms with van der Waals surface area (Å²) in [6, 6.07) is 5.56. The van der Waals surface area contributed by atoms with Gasteiger partial charge in [-0.1, -0.05) is 6.07 Å². The lowest BCUT2D eigenvalue weighted by molar-refractivity contribution is -0.120. The largest absolute Gasteiger partial charge is 0.345 e. The van der Waals surface area contributed by atoms with Crippen LogP contribution in [0.2, 0.25) is 0 Å².